The van der Waals surface area contributed by atoms with Gasteiger partial charge in [0.1, 0.15) is 11.1 Å². The van der Waals surface area contributed by atoms with Crippen LogP contribution in [-0.4, -0.2) is 27.8 Å². The summed E-state index contributed by atoms with van der Waals surface area (Å²) in [6.07, 6.45) is 0.641. The SMILES string of the molecule is Cc1nnc2sc(C(O)NCc3ccc(N4CCCC4=O)cc3)c(N)c2c1C. The number of amides is 1. The molecule has 1 unspecified atom stereocenters. The number of aryl methyl sites for hydroxylation is 2. The molecule has 146 valence electrons. The smallest absolute Gasteiger partial charge is 0.227 e. The van der Waals surface area contributed by atoms with Gasteiger partial charge in [-0.05, 0) is 43.5 Å². The Morgan fingerprint density at radius 1 is 1.29 bits per heavy atom. The summed E-state index contributed by atoms with van der Waals surface area (Å²) in [6.45, 7) is 5.12. The Labute approximate surface area is 167 Å². The first kappa shape index (κ1) is 18.8. The van der Waals surface area contributed by atoms with Gasteiger partial charge in [-0.25, -0.2) is 0 Å². The average molecular weight is 398 g/mol. The van der Waals surface area contributed by atoms with Crippen LogP contribution in [0.1, 0.15) is 40.8 Å². The van der Waals surface area contributed by atoms with Gasteiger partial charge < -0.3 is 15.7 Å². The number of nitrogens with zero attached hydrogens (tertiary/aromatic N) is 3. The molecule has 0 bridgehead atoms. The summed E-state index contributed by atoms with van der Waals surface area (Å²) in [7, 11) is 0. The number of benzene rings is 1. The minimum atomic E-state index is -0.890. The quantitative estimate of drug-likeness (QED) is 0.572. The lowest BCUT2D eigenvalue weighted by molar-refractivity contribution is -0.117. The van der Waals surface area contributed by atoms with Gasteiger partial charge in [0.25, 0.3) is 0 Å². The van der Waals surface area contributed by atoms with Crippen molar-refractivity contribution < 1.29 is 9.90 Å². The maximum absolute atomic E-state index is 11.8. The third-order valence-electron chi connectivity index (χ3n) is 5.23. The zero-order valence-corrected chi connectivity index (χ0v) is 16.7. The highest BCUT2D eigenvalue weighted by atomic mass is 32.1. The molecule has 1 aromatic carbocycles. The van der Waals surface area contributed by atoms with Crippen molar-refractivity contribution in [2.45, 2.75) is 39.5 Å². The molecule has 28 heavy (non-hydrogen) atoms. The van der Waals surface area contributed by atoms with Gasteiger partial charge in [0, 0.05) is 30.6 Å². The van der Waals surface area contributed by atoms with Gasteiger partial charge in [-0.1, -0.05) is 12.1 Å². The first-order valence-electron chi connectivity index (χ1n) is 9.28. The van der Waals surface area contributed by atoms with E-state index in [2.05, 4.69) is 15.5 Å². The van der Waals surface area contributed by atoms with E-state index in [9.17, 15) is 9.90 Å². The molecule has 1 amide bonds. The third-order valence-corrected chi connectivity index (χ3v) is 6.38. The fraction of sp³-hybridized carbons (Fsp3) is 0.350. The molecule has 3 aromatic rings. The summed E-state index contributed by atoms with van der Waals surface area (Å²) in [6, 6.07) is 7.83. The lowest BCUT2D eigenvalue weighted by Crippen LogP contribution is -2.23. The first-order valence-corrected chi connectivity index (χ1v) is 10.1. The lowest BCUT2D eigenvalue weighted by atomic mass is 10.1. The van der Waals surface area contributed by atoms with E-state index < -0.39 is 6.23 Å². The topological polar surface area (TPSA) is 104 Å². The molecule has 1 aliphatic heterocycles. The number of aromatic nitrogens is 2. The molecule has 4 rings (SSSR count). The molecule has 0 saturated carbocycles. The number of nitrogen functional groups attached to an aromatic ring is 1. The van der Waals surface area contributed by atoms with Crippen molar-refractivity contribution in [3.63, 3.8) is 0 Å². The van der Waals surface area contributed by atoms with Crippen LogP contribution >= 0.6 is 11.3 Å². The maximum Gasteiger partial charge on any atom is 0.227 e. The molecule has 0 spiro atoms. The minimum absolute atomic E-state index is 0.176. The van der Waals surface area contributed by atoms with Crippen LogP contribution < -0.4 is 16.0 Å². The first-order chi connectivity index (χ1) is 13.5. The second kappa shape index (κ2) is 7.46. The number of nitrogens with two attached hydrogens (primary N) is 1. The number of fused-ring (bicyclic) bond motifs is 1. The van der Waals surface area contributed by atoms with E-state index in [1.807, 2.05) is 43.0 Å². The highest BCUT2D eigenvalue weighted by molar-refractivity contribution is 7.19. The van der Waals surface area contributed by atoms with Crippen LogP contribution in [0.25, 0.3) is 10.2 Å². The van der Waals surface area contributed by atoms with Gasteiger partial charge in [-0.3, -0.25) is 10.1 Å². The van der Waals surface area contributed by atoms with Crippen molar-refractivity contribution in [1.82, 2.24) is 15.5 Å². The van der Waals surface area contributed by atoms with Gasteiger partial charge in [0.05, 0.1) is 16.3 Å². The number of thiophene rings is 1. The molecule has 0 radical (unpaired) electrons. The number of hydrogen-bond acceptors (Lipinski definition) is 7. The standard InChI is InChI=1S/C20H23N5O2S/c1-11-12(2)23-24-20-16(11)17(21)18(28-20)19(27)22-10-13-5-7-14(8-6-13)25-9-3-4-15(25)26/h5-8,19,22,27H,3-4,9-10,21H2,1-2H3. The van der Waals surface area contributed by atoms with Gasteiger partial charge in [0.15, 0.2) is 0 Å². The fourth-order valence-electron chi connectivity index (χ4n) is 3.48. The zero-order valence-electron chi connectivity index (χ0n) is 15.9. The van der Waals surface area contributed by atoms with E-state index in [4.69, 9.17) is 5.73 Å². The highest BCUT2D eigenvalue weighted by Gasteiger charge is 2.22. The van der Waals surface area contributed by atoms with E-state index in [0.29, 0.717) is 23.5 Å². The Morgan fingerprint density at radius 3 is 2.71 bits per heavy atom. The number of anilines is 2. The largest absolute Gasteiger partial charge is 0.397 e. The summed E-state index contributed by atoms with van der Waals surface area (Å²) in [4.78, 5) is 15.0. The number of rotatable bonds is 5. The maximum atomic E-state index is 11.8. The molecular weight excluding hydrogens is 374 g/mol. The van der Waals surface area contributed by atoms with E-state index in [-0.39, 0.29) is 5.91 Å². The van der Waals surface area contributed by atoms with E-state index >= 15 is 0 Å². The summed E-state index contributed by atoms with van der Waals surface area (Å²) in [5.41, 5.74) is 10.6. The zero-order chi connectivity index (χ0) is 19.8. The average Bonchev–Trinajstić information content (AvgIpc) is 3.27. The normalized spacial score (nSPS) is 15.5. The minimum Gasteiger partial charge on any atom is -0.397 e. The van der Waals surface area contributed by atoms with Crippen LogP contribution in [0, 0.1) is 13.8 Å². The molecule has 1 fully saturated rings. The third kappa shape index (κ3) is 3.34. The van der Waals surface area contributed by atoms with Crippen molar-refractivity contribution in [3.05, 3.63) is 46.0 Å². The van der Waals surface area contributed by atoms with Crippen molar-refractivity contribution in [2.75, 3.05) is 17.2 Å². The Balaban J connectivity index is 1.46. The number of aliphatic hydroxyl groups excluding tert-OH is 1. The van der Waals surface area contributed by atoms with Crippen LogP contribution in [0.2, 0.25) is 0 Å². The molecule has 7 nitrogen and oxygen atoms in total. The van der Waals surface area contributed by atoms with Crippen molar-refractivity contribution in [2.24, 2.45) is 0 Å². The number of carbonyl (C=O) groups excluding carboxylic acids is 1. The van der Waals surface area contributed by atoms with Crippen molar-refractivity contribution >= 4 is 38.8 Å². The highest BCUT2D eigenvalue weighted by Crippen LogP contribution is 2.37. The van der Waals surface area contributed by atoms with Crippen LogP contribution in [0.5, 0.6) is 0 Å². The van der Waals surface area contributed by atoms with Gasteiger partial charge in [0.2, 0.25) is 5.91 Å². The van der Waals surface area contributed by atoms with Crippen LogP contribution in [-0.2, 0) is 11.3 Å². The molecule has 3 heterocycles. The van der Waals surface area contributed by atoms with E-state index in [1.165, 1.54) is 11.3 Å². The Morgan fingerprint density at radius 2 is 2.04 bits per heavy atom. The van der Waals surface area contributed by atoms with E-state index in [1.54, 1.807) is 0 Å². The molecule has 1 aliphatic rings. The van der Waals surface area contributed by atoms with Gasteiger partial charge in [-0.15, -0.1) is 16.4 Å². The predicted molar refractivity (Wildman–Crippen MR) is 111 cm³/mol. The monoisotopic (exact) mass is 397 g/mol. The molecule has 4 N–H and O–H groups in total. The summed E-state index contributed by atoms with van der Waals surface area (Å²) >= 11 is 1.35. The number of nitrogens with one attached hydrogen (secondary N) is 1. The predicted octanol–water partition coefficient (Wildman–Crippen LogP) is 2.80. The van der Waals surface area contributed by atoms with Crippen molar-refractivity contribution in [3.8, 4) is 0 Å². The second-order valence-electron chi connectivity index (χ2n) is 7.07. The summed E-state index contributed by atoms with van der Waals surface area (Å²) < 4.78 is 0. The van der Waals surface area contributed by atoms with Crippen molar-refractivity contribution in [1.29, 1.82) is 0 Å². The second-order valence-corrected chi connectivity index (χ2v) is 8.10. The number of aliphatic hydroxyl groups is 1. The molecule has 0 aliphatic carbocycles. The summed E-state index contributed by atoms with van der Waals surface area (Å²) in [5, 5.41) is 22.9. The van der Waals surface area contributed by atoms with Crippen LogP contribution in [0.15, 0.2) is 24.3 Å². The molecular formula is C20H23N5O2S. The van der Waals surface area contributed by atoms with Gasteiger partial charge >= 0.3 is 0 Å². The molecule has 2 aromatic heterocycles. The lowest BCUT2D eigenvalue weighted by Gasteiger charge is -2.16. The summed E-state index contributed by atoms with van der Waals surface area (Å²) in [5.74, 6) is 0.176. The molecule has 1 saturated heterocycles. The number of carbonyl (C=O) groups is 1. The van der Waals surface area contributed by atoms with Crippen LogP contribution in [0.4, 0.5) is 11.4 Å². The molecule has 1 atom stereocenters. The Hall–Kier alpha value is -2.55. The number of hydrogen-bond donors (Lipinski definition) is 3. The fourth-order valence-corrected chi connectivity index (χ4v) is 4.54. The Kier molecular flexibility index (Phi) is 5.01. The van der Waals surface area contributed by atoms with Crippen LogP contribution in [0.3, 0.4) is 0 Å². The van der Waals surface area contributed by atoms with Gasteiger partial charge in [-0.2, -0.15) is 5.10 Å². The molecule has 8 heteroatoms. The van der Waals surface area contributed by atoms with E-state index in [0.717, 1.165) is 45.7 Å². The Bertz CT molecular complexity index is 1030.